The van der Waals surface area contributed by atoms with Crippen molar-refractivity contribution >= 4 is 27.5 Å². The number of rotatable bonds is 4. The molecule has 9 nitrogen and oxygen atoms in total. The summed E-state index contributed by atoms with van der Waals surface area (Å²) in [5.41, 5.74) is 0.653. The fraction of sp³-hybridized carbons (Fsp3) is 0.391. The lowest BCUT2D eigenvalue weighted by Crippen LogP contribution is -2.52. The molecule has 5 rings (SSSR count). The van der Waals surface area contributed by atoms with Crippen molar-refractivity contribution in [2.24, 2.45) is 5.92 Å². The van der Waals surface area contributed by atoms with Gasteiger partial charge in [0, 0.05) is 50.9 Å². The molecule has 2 aromatic rings. The number of sulfonamides is 1. The Hall–Kier alpha value is -3.18. The molecule has 3 heterocycles. The Balaban J connectivity index is 1.21. The van der Waals surface area contributed by atoms with E-state index in [0.29, 0.717) is 30.4 Å². The number of halogens is 1. The molecule has 0 aliphatic carbocycles. The first-order valence-electron chi connectivity index (χ1n) is 11.1. The maximum absolute atomic E-state index is 13.2. The summed E-state index contributed by atoms with van der Waals surface area (Å²) in [6.07, 6.45) is 0.0986. The molecule has 180 valence electrons. The molecule has 0 bridgehead atoms. The first kappa shape index (κ1) is 22.6. The lowest BCUT2D eigenvalue weighted by molar-refractivity contribution is -0.136. The summed E-state index contributed by atoms with van der Waals surface area (Å²) in [7, 11) is -3.76. The third kappa shape index (κ3) is 4.21. The van der Waals surface area contributed by atoms with Gasteiger partial charge in [-0.2, -0.15) is 4.31 Å². The van der Waals surface area contributed by atoms with Crippen LogP contribution < -0.4 is 14.4 Å². The van der Waals surface area contributed by atoms with Crippen molar-refractivity contribution in [1.82, 2.24) is 9.21 Å². The van der Waals surface area contributed by atoms with E-state index in [-0.39, 0.29) is 55.9 Å². The summed E-state index contributed by atoms with van der Waals surface area (Å²) in [5, 5.41) is 0. The highest BCUT2D eigenvalue weighted by atomic mass is 32.2. The monoisotopic (exact) mass is 489 g/mol. The fourth-order valence-corrected chi connectivity index (χ4v) is 5.91. The van der Waals surface area contributed by atoms with E-state index in [9.17, 15) is 22.4 Å². The summed E-state index contributed by atoms with van der Waals surface area (Å²) < 4.78 is 51.2. The number of hydrogen-bond donors (Lipinski definition) is 0. The van der Waals surface area contributed by atoms with E-state index in [4.69, 9.17) is 9.47 Å². The van der Waals surface area contributed by atoms with E-state index in [1.807, 2.05) is 0 Å². The van der Waals surface area contributed by atoms with Crippen LogP contribution in [0.15, 0.2) is 47.4 Å². The zero-order valence-corrected chi connectivity index (χ0v) is 19.2. The van der Waals surface area contributed by atoms with Gasteiger partial charge in [0.05, 0.1) is 10.8 Å². The topological polar surface area (TPSA) is 96.5 Å². The Morgan fingerprint density at radius 2 is 1.62 bits per heavy atom. The zero-order chi connectivity index (χ0) is 23.9. The molecule has 2 aromatic carbocycles. The van der Waals surface area contributed by atoms with E-state index < -0.39 is 21.8 Å². The van der Waals surface area contributed by atoms with E-state index in [1.54, 1.807) is 28.0 Å². The molecule has 0 saturated carbocycles. The fourth-order valence-electron chi connectivity index (χ4n) is 4.49. The number of ether oxygens (including phenoxy) is 2. The van der Waals surface area contributed by atoms with Crippen LogP contribution in [0, 0.1) is 11.7 Å². The third-order valence-electron chi connectivity index (χ3n) is 6.31. The van der Waals surface area contributed by atoms with Gasteiger partial charge in [-0.05, 0) is 36.4 Å². The molecule has 0 radical (unpaired) electrons. The van der Waals surface area contributed by atoms with Gasteiger partial charge in [-0.25, -0.2) is 12.8 Å². The minimum Gasteiger partial charge on any atom is -0.486 e. The molecular formula is C23H24FN3O6S. The molecule has 0 N–H and O–H groups in total. The molecule has 0 aromatic heterocycles. The summed E-state index contributed by atoms with van der Waals surface area (Å²) in [6.45, 7) is 1.90. The normalized spacial score (nSPS) is 21.1. The van der Waals surface area contributed by atoms with Crippen LogP contribution in [-0.2, 0) is 19.6 Å². The molecule has 11 heteroatoms. The number of benzene rings is 2. The van der Waals surface area contributed by atoms with Crippen LogP contribution in [0.3, 0.4) is 0 Å². The molecule has 0 spiro atoms. The van der Waals surface area contributed by atoms with E-state index in [2.05, 4.69) is 0 Å². The van der Waals surface area contributed by atoms with Crippen LogP contribution in [0.5, 0.6) is 11.5 Å². The maximum atomic E-state index is 13.2. The highest BCUT2D eigenvalue weighted by Gasteiger charge is 2.39. The van der Waals surface area contributed by atoms with E-state index >= 15 is 0 Å². The van der Waals surface area contributed by atoms with Crippen LogP contribution in [0.2, 0.25) is 0 Å². The highest BCUT2D eigenvalue weighted by molar-refractivity contribution is 7.89. The Morgan fingerprint density at radius 3 is 2.32 bits per heavy atom. The Labute approximate surface area is 196 Å². The molecule has 3 aliphatic heterocycles. The smallest absolute Gasteiger partial charge is 0.243 e. The SMILES string of the molecule is O=C([C@@H]1CC(=O)N(c2ccc3c(c2)OCCO3)C1)N1CCN(S(=O)(=O)c2ccc(F)cc2)CC1. The molecule has 1 atom stereocenters. The molecular weight excluding hydrogens is 465 g/mol. The maximum Gasteiger partial charge on any atom is 0.243 e. The van der Waals surface area contributed by atoms with Gasteiger partial charge >= 0.3 is 0 Å². The second kappa shape index (κ2) is 8.88. The number of hydrogen-bond acceptors (Lipinski definition) is 6. The number of carbonyl (C=O) groups is 2. The van der Waals surface area contributed by atoms with E-state index in [1.165, 1.54) is 16.4 Å². The second-order valence-electron chi connectivity index (χ2n) is 8.42. The molecule has 2 amide bonds. The Kier molecular flexibility index (Phi) is 5.90. The number of fused-ring (bicyclic) bond motifs is 1. The first-order chi connectivity index (χ1) is 16.3. The van der Waals surface area contributed by atoms with E-state index in [0.717, 1.165) is 12.1 Å². The largest absolute Gasteiger partial charge is 0.486 e. The van der Waals surface area contributed by atoms with Crippen molar-refractivity contribution in [1.29, 1.82) is 0 Å². The molecule has 2 saturated heterocycles. The lowest BCUT2D eigenvalue weighted by Gasteiger charge is -2.35. The van der Waals surface area contributed by atoms with Crippen LogP contribution in [-0.4, -0.2) is 75.4 Å². The molecule has 2 fully saturated rings. The van der Waals surface area contributed by atoms with Gasteiger partial charge in [-0.15, -0.1) is 0 Å². The van der Waals surface area contributed by atoms with Gasteiger partial charge in [-0.1, -0.05) is 0 Å². The third-order valence-corrected chi connectivity index (χ3v) is 8.23. The average molecular weight is 490 g/mol. The summed E-state index contributed by atoms with van der Waals surface area (Å²) in [6, 6.07) is 9.97. The second-order valence-corrected chi connectivity index (χ2v) is 10.4. The predicted octanol–water partition coefficient (Wildman–Crippen LogP) is 1.48. The van der Waals surface area contributed by atoms with Gasteiger partial charge in [-0.3, -0.25) is 9.59 Å². The minimum absolute atomic E-state index is 0.0186. The van der Waals surface area contributed by atoms with Crippen molar-refractivity contribution in [3.8, 4) is 11.5 Å². The first-order valence-corrected chi connectivity index (χ1v) is 12.5. The number of piperazine rings is 1. The van der Waals surface area contributed by atoms with Crippen LogP contribution in [0.4, 0.5) is 10.1 Å². The van der Waals surface area contributed by atoms with Gasteiger partial charge in [0.2, 0.25) is 21.8 Å². The number of carbonyl (C=O) groups excluding carboxylic acids is 2. The Morgan fingerprint density at radius 1 is 0.941 bits per heavy atom. The highest BCUT2D eigenvalue weighted by Crippen LogP contribution is 2.36. The summed E-state index contributed by atoms with van der Waals surface area (Å²) in [4.78, 5) is 29.0. The summed E-state index contributed by atoms with van der Waals surface area (Å²) in [5.74, 6) is -0.112. The minimum atomic E-state index is -3.76. The van der Waals surface area contributed by atoms with Crippen molar-refractivity contribution in [2.45, 2.75) is 11.3 Å². The summed E-state index contributed by atoms with van der Waals surface area (Å²) >= 11 is 0. The lowest BCUT2D eigenvalue weighted by atomic mass is 10.1. The average Bonchev–Trinajstić information content (AvgIpc) is 3.25. The molecule has 34 heavy (non-hydrogen) atoms. The van der Waals surface area contributed by atoms with Crippen molar-refractivity contribution in [2.75, 3.05) is 50.8 Å². The van der Waals surface area contributed by atoms with Crippen molar-refractivity contribution < 1.29 is 31.9 Å². The Bertz CT molecular complexity index is 1210. The van der Waals surface area contributed by atoms with Crippen LogP contribution >= 0.6 is 0 Å². The molecule has 0 unspecified atom stereocenters. The van der Waals surface area contributed by atoms with Crippen LogP contribution in [0.1, 0.15) is 6.42 Å². The standard InChI is InChI=1S/C23H24FN3O6S/c24-17-1-4-19(5-2-17)34(30,31)26-9-7-25(8-10-26)23(29)16-13-22(28)27(15-16)18-3-6-20-21(14-18)33-12-11-32-20/h1-6,14,16H,7-13,15H2/t16-/m1/s1. The van der Waals surface area contributed by atoms with Gasteiger partial charge < -0.3 is 19.3 Å². The quantitative estimate of drug-likeness (QED) is 0.646. The zero-order valence-electron chi connectivity index (χ0n) is 18.4. The number of anilines is 1. The van der Waals surface area contributed by atoms with Crippen molar-refractivity contribution in [3.63, 3.8) is 0 Å². The number of amides is 2. The molecule has 3 aliphatic rings. The van der Waals surface area contributed by atoms with Crippen molar-refractivity contribution in [3.05, 3.63) is 48.3 Å². The van der Waals surface area contributed by atoms with Gasteiger partial charge in [0.15, 0.2) is 11.5 Å². The van der Waals surface area contributed by atoms with Crippen LogP contribution in [0.25, 0.3) is 0 Å². The number of nitrogens with zero attached hydrogens (tertiary/aromatic N) is 3. The van der Waals surface area contributed by atoms with Gasteiger partial charge in [0.1, 0.15) is 19.0 Å². The van der Waals surface area contributed by atoms with Gasteiger partial charge in [0.25, 0.3) is 0 Å². The predicted molar refractivity (Wildman–Crippen MR) is 120 cm³/mol.